The van der Waals surface area contributed by atoms with Gasteiger partial charge in [0.1, 0.15) is 0 Å². The number of fused-ring (bicyclic) bond motifs is 5. The first kappa shape index (κ1) is 19.9. The Kier molecular flexibility index (Phi) is 5.92. The zero-order valence-electron chi connectivity index (χ0n) is 17.1. The number of carbonyl (C=O) groups is 2. The van der Waals surface area contributed by atoms with E-state index < -0.39 is 0 Å². The van der Waals surface area contributed by atoms with Gasteiger partial charge in [0.2, 0.25) is 11.8 Å². The molecule has 0 aromatic heterocycles. The van der Waals surface area contributed by atoms with Gasteiger partial charge >= 0.3 is 0 Å². The number of nitrogens with zero attached hydrogens (tertiary/aromatic N) is 2. The van der Waals surface area contributed by atoms with Crippen LogP contribution in [0.1, 0.15) is 46.5 Å². The highest BCUT2D eigenvalue weighted by Crippen LogP contribution is 2.52. The minimum atomic E-state index is -0.104. The average molecular weight is 375 g/mol. The van der Waals surface area contributed by atoms with E-state index >= 15 is 0 Å². The van der Waals surface area contributed by atoms with Crippen molar-refractivity contribution in [3.05, 3.63) is 12.2 Å². The summed E-state index contributed by atoms with van der Waals surface area (Å²) in [6, 6.07) is 0. The normalized spacial score (nSPS) is 29.6. The van der Waals surface area contributed by atoms with Crippen LogP contribution in [0.4, 0.5) is 0 Å². The maximum Gasteiger partial charge on any atom is 0.233 e. The molecule has 0 radical (unpaired) electrons. The molecular weight excluding hydrogens is 340 g/mol. The summed E-state index contributed by atoms with van der Waals surface area (Å²) in [5.41, 5.74) is 0.377. The Morgan fingerprint density at radius 1 is 1.07 bits per heavy atom. The van der Waals surface area contributed by atoms with Crippen LogP contribution in [0.15, 0.2) is 17.1 Å². The van der Waals surface area contributed by atoms with Gasteiger partial charge in [-0.25, -0.2) is 0 Å². The molecular formula is C21H34N4O2. The van der Waals surface area contributed by atoms with Crippen LogP contribution in [0.25, 0.3) is 0 Å². The molecule has 1 aliphatic heterocycles. The number of aliphatic imine (C=N–C) groups is 1. The summed E-state index contributed by atoms with van der Waals surface area (Å²) < 4.78 is 0. The molecule has 4 atom stereocenters. The maximum atomic E-state index is 12.7. The summed E-state index contributed by atoms with van der Waals surface area (Å²) in [6.07, 6.45) is 8.72. The van der Waals surface area contributed by atoms with Crippen LogP contribution < -0.4 is 10.6 Å². The van der Waals surface area contributed by atoms with Crippen molar-refractivity contribution < 1.29 is 9.59 Å². The Morgan fingerprint density at radius 3 is 2.22 bits per heavy atom. The van der Waals surface area contributed by atoms with Gasteiger partial charge in [0.05, 0.1) is 11.8 Å². The molecule has 2 N–H and O–H groups in total. The van der Waals surface area contributed by atoms with Crippen LogP contribution >= 0.6 is 0 Å². The van der Waals surface area contributed by atoms with Gasteiger partial charge in [0, 0.05) is 26.7 Å². The minimum Gasteiger partial charge on any atom is -0.356 e. The van der Waals surface area contributed by atoms with Crippen LogP contribution in [0, 0.1) is 29.1 Å². The molecule has 6 heteroatoms. The van der Waals surface area contributed by atoms with E-state index in [0.29, 0.717) is 18.5 Å². The first-order valence-corrected chi connectivity index (χ1v) is 10.3. The molecule has 1 saturated carbocycles. The lowest BCUT2D eigenvalue weighted by Gasteiger charge is -2.19. The molecule has 27 heavy (non-hydrogen) atoms. The molecule has 1 saturated heterocycles. The van der Waals surface area contributed by atoms with Crippen LogP contribution in [0.3, 0.4) is 0 Å². The van der Waals surface area contributed by atoms with E-state index in [1.807, 2.05) is 0 Å². The molecule has 2 aliphatic carbocycles. The third kappa shape index (κ3) is 4.36. The van der Waals surface area contributed by atoms with E-state index in [1.165, 1.54) is 17.7 Å². The van der Waals surface area contributed by atoms with Crippen LogP contribution in [-0.2, 0) is 9.59 Å². The third-order valence-corrected chi connectivity index (χ3v) is 6.06. The van der Waals surface area contributed by atoms with Crippen molar-refractivity contribution in [1.82, 2.24) is 15.5 Å². The summed E-state index contributed by atoms with van der Waals surface area (Å²) in [7, 11) is 1.74. The highest BCUT2D eigenvalue weighted by molar-refractivity contribution is 6.06. The van der Waals surface area contributed by atoms with Crippen molar-refractivity contribution in [3.63, 3.8) is 0 Å². The van der Waals surface area contributed by atoms with E-state index in [0.717, 1.165) is 25.3 Å². The summed E-state index contributed by atoms with van der Waals surface area (Å²) in [5.74, 6) is 1.11. The van der Waals surface area contributed by atoms with Crippen LogP contribution in [0.2, 0.25) is 0 Å². The number of unbranched alkanes of at least 4 members (excludes halogenated alkanes) is 1. The fourth-order valence-electron chi connectivity index (χ4n) is 4.68. The molecule has 2 fully saturated rings. The highest BCUT2D eigenvalue weighted by Gasteiger charge is 2.58. The smallest absolute Gasteiger partial charge is 0.233 e. The summed E-state index contributed by atoms with van der Waals surface area (Å²) in [5, 5.41) is 6.53. The molecule has 0 aromatic rings. The fraction of sp³-hybridized carbons (Fsp3) is 0.762. The van der Waals surface area contributed by atoms with Crippen molar-refractivity contribution in [2.45, 2.75) is 46.5 Å². The predicted molar refractivity (Wildman–Crippen MR) is 107 cm³/mol. The van der Waals surface area contributed by atoms with Gasteiger partial charge in [-0.05, 0) is 36.5 Å². The number of carbonyl (C=O) groups excluding carboxylic acids is 2. The van der Waals surface area contributed by atoms with E-state index in [2.05, 4.69) is 48.5 Å². The van der Waals surface area contributed by atoms with E-state index in [4.69, 9.17) is 0 Å². The quantitative estimate of drug-likeness (QED) is 0.235. The number of imide groups is 1. The molecule has 150 valence electrons. The molecule has 3 rings (SSSR count). The summed E-state index contributed by atoms with van der Waals surface area (Å²) >= 11 is 0. The Morgan fingerprint density at radius 2 is 1.67 bits per heavy atom. The van der Waals surface area contributed by atoms with Gasteiger partial charge in [-0.15, -0.1) is 0 Å². The number of amides is 2. The lowest BCUT2D eigenvalue weighted by Crippen LogP contribution is -2.43. The monoisotopic (exact) mass is 374 g/mol. The van der Waals surface area contributed by atoms with E-state index in [-0.39, 0.29) is 35.5 Å². The van der Waals surface area contributed by atoms with E-state index in [9.17, 15) is 9.59 Å². The largest absolute Gasteiger partial charge is 0.356 e. The second-order valence-electron chi connectivity index (χ2n) is 9.27. The Balaban J connectivity index is 1.38. The van der Waals surface area contributed by atoms with Crippen molar-refractivity contribution in [2.24, 2.45) is 34.1 Å². The fourth-order valence-corrected chi connectivity index (χ4v) is 4.68. The van der Waals surface area contributed by atoms with Gasteiger partial charge < -0.3 is 10.6 Å². The second kappa shape index (κ2) is 8.03. The SMILES string of the molecule is CN=C(NCCCCC(C)(C)C)NCCN1C(=O)C2C3C=CC(C3)C2C1=O. The Bertz CT molecular complexity index is 605. The number of guanidine groups is 1. The lowest BCUT2D eigenvalue weighted by molar-refractivity contribution is -0.140. The van der Waals surface area contributed by atoms with Crippen LogP contribution in [0.5, 0.6) is 0 Å². The van der Waals surface area contributed by atoms with Gasteiger partial charge in [0.15, 0.2) is 5.96 Å². The number of rotatable bonds is 7. The zero-order valence-corrected chi connectivity index (χ0v) is 17.1. The number of allylic oxidation sites excluding steroid dienone is 2. The second-order valence-corrected chi connectivity index (χ2v) is 9.27. The van der Waals surface area contributed by atoms with Gasteiger partial charge in [-0.3, -0.25) is 19.5 Å². The Hall–Kier alpha value is -1.85. The zero-order chi connectivity index (χ0) is 19.6. The predicted octanol–water partition coefficient (Wildman–Crippen LogP) is 2.17. The first-order chi connectivity index (χ1) is 12.8. The number of nitrogens with one attached hydrogen (secondary N) is 2. The van der Waals surface area contributed by atoms with Crippen molar-refractivity contribution in [2.75, 3.05) is 26.7 Å². The topological polar surface area (TPSA) is 73.8 Å². The van der Waals surface area contributed by atoms with E-state index in [1.54, 1.807) is 7.05 Å². The molecule has 3 aliphatic rings. The van der Waals surface area contributed by atoms with Gasteiger partial charge in [0.25, 0.3) is 0 Å². The van der Waals surface area contributed by atoms with Crippen molar-refractivity contribution in [1.29, 1.82) is 0 Å². The molecule has 0 spiro atoms. The average Bonchev–Trinajstić information content (AvgIpc) is 3.28. The standard InChI is InChI=1S/C21H34N4O2/c1-21(2,3)9-5-6-10-23-20(22-4)24-11-12-25-18(26)16-14-7-8-15(13-14)17(16)19(25)27/h7-8,14-17H,5-6,9-13H2,1-4H3,(H2,22,23,24). The first-order valence-electron chi connectivity index (χ1n) is 10.3. The van der Waals surface area contributed by atoms with Crippen LogP contribution in [-0.4, -0.2) is 49.4 Å². The highest BCUT2D eigenvalue weighted by atomic mass is 16.2. The summed E-state index contributed by atoms with van der Waals surface area (Å²) in [4.78, 5) is 31.0. The molecule has 1 heterocycles. The van der Waals surface area contributed by atoms with Crippen molar-refractivity contribution in [3.8, 4) is 0 Å². The molecule has 6 nitrogen and oxygen atoms in total. The minimum absolute atomic E-state index is 0.0220. The number of hydrogen-bond acceptors (Lipinski definition) is 3. The number of likely N-dealkylation sites (tertiary alicyclic amines) is 1. The number of hydrogen-bond donors (Lipinski definition) is 2. The molecule has 0 aromatic carbocycles. The molecule has 2 amide bonds. The molecule has 2 bridgehead atoms. The third-order valence-electron chi connectivity index (χ3n) is 6.06. The van der Waals surface area contributed by atoms with Crippen molar-refractivity contribution >= 4 is 17.8 Å². The lowest BCUT2D eigenvalue weighted by atomic mass is 9.85. The molecule has 4 unspecified atom stereocenters. The van der Waals surface area contributed by atoms with Gasteiger partial charge in [-0.1, -0.05) is 39.3 Å². The Labute approximate surface area is 162 Å². The maximum absolute atomic E-state index is 12.7. The summed E-state index contributed by atoms with van der Waals surface area (Å²) in [6.45, 7) is 8.60. The van der Waals surface area contributed by atoms with Gasteiger partial charge in [-0.2, -0.15) is 0 Å².